The highest BCUT2D eigenvalue weighted by molar-refractivity contribution is 7.97. The number of aromatic nitrogens is 1. The third kappa shape index (κ3) is 4.09. The minimum Gasteiger partial charge on any atom is -0.464 e. The average molecular weight is 296 g/mol. The van der Waals surface area contributed by atoms with E-state index in [1.807, 2.05) is 12.3 Å². The van der Waals surface area contributed by atoms with Crippen LogP contribution in [-0.4, -0.2) is 11.2 Å². The lowest BCUT2D eigenvalue weighted by atomic mass is 10.3. The van der Waals surface area contributed by atoms with Crippen molar-refractivity contribution in [2.75, 3.05) is 6.26 Å². The van der Waals surface area contributed by atoms with Crippen LogP contribution in [0.1, 0.15) is 41.3 Å². The van der Waals surface area contributed by atoms with E-state index in [-0.39, 0.29) is 6.04 Å². The van der Waals surface area contributed by atoms with Gasteiger partial charge < -0.3 is 9.73 Å². The molecule has 5 heteroatoms. The molecular formula is C14H20N2OS2. The molecule has 19 heavy (non-hydrogen) atoms. The fourth-order valence-corrected chi connectivity index (χ4v) is 3.09. The van der Waals surface area contributed by atoms with Gasteiger partial charge in [0.15, 0.2) is 0 Å². The second-order valence-electron chi connectivity index (χ2n) is 4.42. The van der Waals surface area contributed by atoms with Crippen molar-refractivity contribution in [2.24, 2.45) is 0 Å². The van der Waals surface area contributed by atoms with Gasteiger partial charge in [0.1, 0.15) is 16.5 Å². The van der Waals surface area contributed by atoms with E-state index in [9.17, 15) is 0 Å². The number of thioether (sulfide) groups is 1. The summed E-state index contributed by atoms with van der Waals surface area (Å²) in [6.07, 6.45) is 5.11. The number of thiazole rings is 1. The average Bonchev–Trinajstić information content (AvgIpc) is 3.05. The van der Waals surface area contributed by atoms with E-state index in [4.69, 9.17) is 4.42 Å². The van der Waals surface area contributed by atoms with Crippen LogP contribution in [0.5, 0.6) is 0 Å². The van der Waals surface area contributed by atoms with Crippen LogP contribution in [0.3, 0.4) is 0 Å². The van der Waals surface area contributed by atoms with Crippen molar-refractivity contribution >= 4 is 23.1 Å². The normalized spacial score (nSPS) is 12.8. The Labute approximate surface area is 122 Å². The minimum absolute atomic E-state index is 0.263. The number of hydrogen-bond acceptors (Lipinski definition) is 5. The van der Waals surface area contributed by atoms with Crippen molar-refractivity contribution < 1.29 is 4.42 Å². The van der Waals surface area contributed by atoms with Crippen molar-refractivity contribution in [3.63, 3.8) is 0 Å². The summed E-state index contributed by atoms with van der Waals surface area (Å²) in [5.74, 6) is 2.96. The summed E-state index contributed by atoms with van der Waals surface area (Å²) in [6.45, 7) is 5.05. The second kappa shape index (κ2) is 7.12. The van der Waals surface area contributed by atoms with E-state index in [1.54, 1.807) is 23.1 Å². The highest BCUT2D eigenvalue weighted by atomic mass is 32.2. The van der Waals surface area contributed by atoms with Gasteiger partial charge in [-0.15, -0.1) is 11.3 Å². The molecule has 0 amide bonds. The summed E-state index contributed by atoms with van der Waals surface area (Å²) in [4.78, 5) is 5.79. The molecule has 0 aliphatic carbocycles. The quantitative estimate of drug-likeness (QED) is 0.837. The van der Waals surface area contributed by atoms with E-state index in [1.165, 1.54) is 4.88 Å². The van der Waals surface area contributed by atoms with Crippen LogP contribution in [0.15, 0.2) is 22.7 Å². The highest BCUT2D eigenvalue weighted by Crippen LogP contribution is 2.21. The van der Waals surface area contributed by atoms with Crippen LogP contribution >= 0.6 is 23.1 Å². The Morgan fingerprint density at radius 2 is 2.21 bits per heavy atom. The largest absolute Gasteiger partial charge is 0.464 e. The van der Waals surface area contributed by atoms with Gasteiger partial charge in [0, 0.05) is 11.1 Å². The molecule has 2 aromatic heterocycles. The molecule has 0 bridgehead atoms. The Kier molecular flexibility index (Phi) is 5.48. The molecule has 0 saturated heterocycles. The van der Waals surface area contributed by atoms with Gasteiger partial charge in [0.25, 0.3) is 0 Å². The fourth-order valence-electron chi connectivity index (χ4n) is 1.76. The first-order valence-corrected chi connectivity index (χ1v) is 8.68. The Bertz CT molecular complexity index is 507. The summed E-state index contributed by atoms with van der Waals surface area (Å²) >= 11 is 3.55. The third-order valence-electron chi connectivity index (χ3n) is 2.88. The van der Waals surface area contributed by atoms with Gasteiger partial charge in [-0.1, -0.05) is 6.92 Å². The minimum atomic E-state index is 0.263. The van der Waals surface area contributed by atoms with Crippen molar-refractivity contribution in [3.8, 4) is 0 Å². The molecule has 3 nitrogen and oxygen atoms in total. The van der Waals surface area contributed by atoms with Gasteiger partial charge >= 0.3 is 0 Å². The molecule has 1 atom stereocenters. The van der Waals surface area contributed by atoms with Gasteiger partial charge in [-0.2, -0.15) is 11.8 Å². The molecule has 2 aromatic rings. The first-order valence-electron chi connectivity index (χ1n) is 6.47. The van der Waals surface area contributed by atoms with Crippen molar-refractivity contribution in [3.05, 3.63) is 39.7 Å². The van der Waals surface area contributed by atoms with Crippen LogP contribution in [-0.2, 0) is 18.7 Å². The van der Waals surface area contributed by atoms with Crippen LogP contribution in [0, 0.1) is 0 Å². The van der Waals surface area contributed by atoms with Crippen LogP contribution in [0.4, 0.5) is 0 Å². The maximum Gasteiger partial charge on any atom is 0.118 e. The van der Waals surface area contributed by atoms with Gasteiger partial charge in [-0.05, 0) is 31.7 Å². The SMILES string of the molecule is CCc1cnc(C(C)NCc2ccc(CSC)o2)s1. The van der Waals surface area contributed by atoms with Gasteiger partial charge in [-0.3, -0.25) is 0 Å². The van der Waals surface area contributed by atoms with Crippen molar-refractivity contribution in [2.45, 2.75) is 38.6 Å². The summed E-state index contributed by atoms with van der Waals surface area (Å²) in [6, 6.07) is 4.36. The monoisotopic (exact) mass is 296 g/mol. The Hall–Kier alpha value is -0.780. The highest BCUT2D eigenvalue weighted by Gasteiger charge is 2.10. The molecule has 0 spiro atoms. The fraction of sp³-hybridized carbons (Fsp3) is 0.500. The predicted octanol–water partition coefficient (Wildman–Crippen LogP) is 4.01. The number of rotatable bonds is 7. The molecule has 0 fully saturated rings. The first kappa shape index (κ1) is 14.6. The molecule has 0 saturated carbocycles. The van der Waals surface area contributed by atoms with E-state index >= 15 is 0 Å². The van der Waals surface area contributed by atoms with Crippen LogP contribution < -0.4 is 5.32 Å². The van der Waals surface area contributed by atoms with Crippen LogP contribution in [0.25, 0.3) is 0 Å². The maximum absolute atomic E-state index is 5.74. The maximum atomic E-state index is 5.74. The molecule has 0 aliphatic heterocycles. The van der Waals surface area contributed by atoms with E-state index in [0.717, 1.165) is 35.2 Å². The van der Waals surface area contributed by atoms with E-state index in [0.29, 0.717) is 0 Å². The van der Waals surface area contributed by atoms with Gasteiger partial charge in [0.2, 0.25) is 0 Å². The lowest BCUT2D eigenvalue weighted by Gasteiger charge is -2.09. The number of furan rings is 1. The summed E-state index contributed by atoms with van der Waals surface area (Å²) < 4.78 is 5.74. The number of nitrogens with one attached hydrogen (secondary N) is 1. The molecule has 1 unspecified atom stereocenters. The molecular weight excluding hydrogens is 276 g/mol. The lowest BCUT2D eigenvalue weighted by molar-refractivity contribution is 0.442. The topological polar surface area (TPSA) is 38.1 Å². The van der Waals surface area contributed by atoms with Crippen molar-refractivity contribution in [1.29, 1.82) is 0 Å². The van der Waals surface area contributed by atoms with Gasteiger partial charge in [-0.25, -0.2) is 4.98 Å². The van der Waals surface area contributed by atoms with E-state index < -0.39 is 0 Å². The molecule has 0 aromatic carbocycles. The summed E-state index contributed by atoms with van der Waals surface area (Å²) in [5, 5.41) is 4.60. The molecule has 1 N–H and O–H groups in total. The van der Waals surface area contributed by atoms with Gasteiger partial charge in [0.05, 0.1) is 18.3 Å². The standard InChI is InChI=1S/C14H20N2OS2/c1-4-13-8-16-14(19-13)10(2)15-7-11-5-6-12(17-11)9-18-3/h5-6,8,10,15H,4,7,9H2,1-3H3. The summed E-state index contributed by atoms with van der Waals surface area (Å²) in [7, 11) is 0. The van der Waals surface area contributed by atoms with Crippen molar-refractivity contribution in [1.82, 2.24) is 10.3 Å². The molecule has 2 rings (SSSR count). The third-order valence-corrected chi connectivity index (χ3v) is 4.77. The Morgan fingerprint density at radius 3 is 2.89 bits per heavy atom. The summed E-state index contributed by atoms with van der Waals surface area (Å²) in [5.41, 5.74) is 0. The lowest BCUT2D eigenvalue weighted by Crippen LogP contribution is -2.17. The molecule has 2 heterocycles. The second-order valence-corrected chi connectivity index (χ2v) is 6.43. The van der Waals surface area contributed by atoms with E-state index in [2.05, 4.69) is 36.5 Å². The zero-order chi connectivity index (χ0) is 13.7. The molecule has 0 radical (unpaired) electrons. The number of aryl methyl sites for hydroxylation is 1. The van der Waals surface area contributed by atoms with Crippen LogP contribution in [0.2, 0.25) is 0 Å². The zero-order valence-corrected chi connectivity index (χ0v) is 13.2. The predicted molar refractivity (Wildman–Crippen MR) is 82.7 cm³/mol. The molecule has 0 aliphatic rings. The first-order chi connectivity index (χ1) is 9.22. The number of hydrogen-bond donors (Lipinski definition) is 1. The number of nitrogens with zero attached hydrogens (tertiary/aromatic N) is 1. The smallest absolute Gasteiger partial charge is 0.118 e. The Morgan fingerprint density at radius 1 is 1.42 bits per heavy atom. The molecule has 104 valence electrons. The zero-order valence-electron chi connectivity index (χ0n) is 11.6. The Balaban J connectivity index is 1.86.